The molecule has 0 saturated carbocycles. The summed E-state index contributed by atoms with van der Waals surface area (Å²) in [6.45, 7) is 3.14. The van der Waals surface area contributed by atoms with Gasteiger partial charge in [-0.15, -0.1) is 0 Å². The number of esters is 1. The number of benzene rings is 2. The summed E-state index contributed by atoms with van der Waals surface area (Å²) >= 11 is 3.10. The van der Waals surface area contributed by atoms with E-state index >= 15 is 0 Å². The highest BCUT2D eigenvalue weighted by Gasteiger charge is 2.24. The molecule has 0 amide bonds. The van der Waals surface area contributed by atoms with Crippen molar-refractivity contribution in [3.8, 4) is 5.75 Å². The van der Waals surface area contributed by atoms with Gasteiger partial charge in [-0.3, -0.25) is 4.79 Å². The summed E-state index contributed by atoms with van der Waals surface area (Å²) < 4.78 is 45.0. The van der Waals surface area contributed by atoms with Crippen molar-refractivity contribution in [1.29, 1.82) is 0 Å². The average molecular weight is 430 g/mol. The van der Waals surface area contributed by atoms with Crippen LogP contribution in [0.3, 0.4) is 0 Å². The van der Waals surface area contributed by atoms with E-state index in [1.807, 2.05) is 6.92 Å². The van der Waals surface area contributed by atoms with Crippen LogP contribution in [0, 0.1) is 19.7 Å². The summed E-state index contributed by atoms with van der Waals surface area (Å²) in [6.07, 6.45) is 0. The zero-order valence-corrected chi connectivity index (χ0v) is 16.3. The average Bonchev–Trinajstić information content (AvgIpc) is 2.52. The van der Waals surface area contributed by atoms with E-state index in [0.29, 0.717) is 4.47 Å². The van der Waals surface area contributed by atoms with Gasteiger partial charge in [-0.05, 0) is 55.3 Å². The normalized spacial score (nSPS) is 11.6. The topological polar surface area (TPSA) is 63.7 Å². The van der Waals surface area contributed by atoms with E-state index in [9.17, 15) is 17.6 Å². The van der Waals surface area contributed by atoms with Crippen LogP contribution < -0.4 is 4.74 Å². The van der Waals surface area contributed by atoms with Crippen molar-refractivity contribution in [2.75, 3.05) is 13.6 Å². The van der Waals surface area contributed by atoms with Crippen molar-refractivity contribution in [2.24, 2.45) is 0 Å². The van der Waals surface area contributed by atoms with Crippen molar-refractivity contribution in [1.82, 2.24) is 4.31 Å². The fourth-order valence-electron chi connectivity index (χ4n) is 2.03. The fourth-order valence-corrected chi connectivity index (χ4v) is 3.57. The lowest BCUT2D eigenvalue weighted by atomic mass is 10.1. The first kappa shape index (κ1) is 19.6. The Balaban J connectivity index is 2.13. The Kier molecular flexibility index (Phi) is 5.97. The molecule has 0 radical (unpaired) electrons. The lowest BCUT2D eigenvalue weighted by Gasteiger charge is -2.17. The predicted octanol–water partition coefficient (Wildman–Crippen LogP) is 3.43. The van der Waals surface area contributed by atoms with Crippen molar-refractivity contribution in [3.05, 3.63) is 57.8 Å². The second-order valence-corrected chi connectivity index (χ2v) is 8.52. The van der Waals surface area contributed by atoms with E-state index in [-0.39, 0.29) is 10.6 Å². The van der Waals surface area contributed by atoms with E-state index in [0.717, 1.165) is 21.5 Å². The van der Waals surface area contributed by atoms with Gasteiger partial charge in [-0.25, -0.2) is 12.8 Å². The van der Waals surface area contributed by atoms with Crippen molar-refractivity contribution in [3.63, 3.8) is 0 Å². The summed E-state index contributed by atoms with van der Waals surface area (Å²) in [7, 11) is -2.58. The maximum absolute atomic E-state index is 13.7. The van der Waals surface area contributed by atoms with Gasteiger partial charge in [0.05, 0.1) is 4.90 Å². The largest absolute Gasteiger partial charge is 0.422 e. The van der Waals surface area contributed by atoms with Gasteiger partial charge in [0.2, 0.25) is 10.0 Å². The first-order chi connectivity index (χ1) is 11.6. The first-order valence-corrected chi connectivity index (χ1v) is 9.54. The molecule has 0 aliphatic rings. The quantitative estimate of drug-likeness (QED) is 0.539. The number of ether oxygens (including phenoxy) is 1. The molecule has 134 valence electrons. The second kappa shape index (κ2) is 7.63. The molecule has 2 aromatic carbocycles. The van der Waals surface area contributed by atoms with Gasteiger partial charge in [0.25, 0.3) is 0 Å². The molecule has 0 atom stereocenters. The SMILES string of the molecule is Cc1ccc(S(=O)(=O)N(C)CC(=O)Oc2ccc(Br)cc2F)cc1C. The number of likely N-dealkylation sites (N-methyl/N-ethyl adjacent to an activating group) is 1. The fraction of sp³-hybridized carbons (Fsp3) is 0.235. The molecule has 8 heteroatoms. The number of carbonyl (C=O) groups is 1. The van der Waals surface area contributed by atoms with Crippen molar-refractivity contribution in [2.45, 2.75) is 18.7 Å². The molecule has 0 heterocycles. The van der Waals surface area contributed by atoms with Crippen LogP contribution in [0.25, 0.3) is 0 Å². The van der Waals surface area contributed by atoms with Crippen LogP contribution in [-0.2, 0) is 14.8 Å². The third-order valence-corrected chi connectivity index (χ3v) is 5.95. The highest BCUT2D eigenvalue weighted by Crippen LogP contribution is 2.22. The highest BCUT2D eigenvalue weighted by molar-refractivity contribution is 9.10. The number of hydrogen-bond acceptors (Lipinski definition) is 4. The second-order valence-electron chi connectivity index (χ2n) is 5.56. The standard InChI is InChI=1S/C17H17BrFNO4S/c1-11-4-6-14(8-12(11)2)25(22,23)20(3)10-17(21)24-16-7-5-13(18)9-15(16)19/h4-9H,10H2,1-3H3. The van der Waals surface area contributed by atoms with Crippen LogP contribution in [0.4, 0.5) is 4.39 Å². The third-order valence-electron chi connectivity index (χ3n) is 3.66. The number of rotatable bonds is 5. The number of nitrogens with zero attached hydrogens (tertiary/aromatic N) is 1. The molecule has 25 heavy (non-hydrogen) atoms. The molecule has 0 bridgehead atoms. The number of carbonyl (C=O) groups excluding carboxylic acids is 1. The molecule has 0 aliphatic heterocycles. The van der Waals surface area contributed by atoms with Crippen LogP contribution in [0.2, 0.25) is 0 Å². The first-order valence-electron chi connectivity index (χ1n) is 7.30. The minimum Gasteiger partial charge on any atom is -0.422 e. The number of halogens is 2. The van der Waals surface area contributed by atoms with Gasteiger partial charge < -0.3 is 4.74 Å². The maximum Gasteiger partial charge on any atom is 0.326 e. The lowest BCUT2D eigenvalue weighted by Crippen LogP contribution is -2.34. The molecule has 0 aliphatic carbocycles. The van der Waals surface area contributed by atoms with Gasteiger partial charge in [0.1, 0.15) is 6.54 Å². The summed E-state index contributed by atoms with van der Waals surface area (Å²) in [6, 6.07) is 8.68. The Bertz CT molecular complexity index is 915. The minimum absolute atomic E-state index is 0.0840. The summed E-state index contributed by atoms with van der Waals surface area (Å²) in [5.41, 5.74) is 1.79. The van der Waals surface area contributed by atoms with Crippen LogP contribution in [-0.4, -0.2) is 32.3 Å². The van der Waals surface area contributed by atoms with Gasteiger partial charge in [-0.2, -0.15) is 4.31 Å². The maximum atomic E-state index is 13.7. The molecule has 0 spiro atoms. The molecular formula is C17H17BrFNO4S. The lowest BCUT2D eigenvalue weighted by molar-refractivity contribution is -0.134. The Labute approximate surface area is 154 Å². The Morgan fingerprint density at radius 3 is 2.44 bits per heavy atom. The molecule has 0 fully saturated rings. The number of aryl methyl sites for hydroxylation is 2. The zero-order valence-electron chi connectivity index (χ0n) is 13.9. The van der Waals surface area contributed by atoms with Crippen LogP contribution in [0.1, 0.15) is 11.1 Å². The van der Waals surface area contributed by atoms with Crippen molar-refractivity contribution < 1.29 is 22.3 Å². The number of hydrogen-bond donors (Lipinski definition) is 0. The van der Waals surface area contributed by atoms with Gasteiger partial charge in [0.15, 0.2) is 11.6 Å². The van der Waals surface area contributed by atoms with E-state index in [1.54, 1.807) is 19.1 Å². The molecular weight excluding hydrogens is 413 g/mol. The summed E-state index contributed by atoms with van der Waals surface area (Å²) in [4.78, 5) is 12.0. The van der Waals surface area contributed by atoms with E-state index in [4.69, 9.17) is 4.74 Å². The zero-order chi connectivity index (χ0) is 18.8. The highest BCUT2D eigenvalue weighted by atomic mass is 79.9. The molecule has 2 rings (SSSR count). The Morgan fingerprint density at radius 2 is 1.84 bits per heavy atom. The molecule has 5 nitrogen and oxygen atoms in total. The molecule has 0 saturated heterocycles. The number of sulfonamides is 1. The van der Waals surface area contributed by atoms with Gasteiger partial charge >= 0.3 is 5.97 Å². The molecule has 0 N–H and O–H groups in total. The van der Waals surface area contributed by atoms with E-state index < -0.39 is 28.4 Å². The van der Waals surface area contributed by atoms with E-state index in [2.05, 4.69) is 15.9 Å². The molecule has 0 aromatic heterocycles. The Morgan fingerprint density at radius 1 is 1.16 bits per heavy atom. The smallest absolute Gasteiger partial charge is 0.326 e. The monoisotopic (exact) mass is 429 g/mol. The minimum atomic E-state index is -3.85. The predicted molar refractivity (Wildman–Crippen MR) is 95.5 cm³/mol. The molecule has 0 unspecified atom stereocenters. The summed E-state index contributed by atoms with van der Waals surface area (Å²) in [5, 5.41) is 0. The van der Waals surface area contributed by atoms with E-state index in [1.165, 1.54) is 25.2 Å². The molecule has 2 aromatic rings. The van der Waals surface area contributed by atoms with Crippen molar-refractivity contribution >= 4 is 31.9 Å². The van der Waals surface area contributed by atoms with Gasteiger partial charge in [0, 0.05) is 11.5 Å². The van der Waals surface area contributed by atoms with Crippen LogP contribution in [0.5, 0.6) is 5.75 Å². The third kappa shape index (κ3) is 4.65. The van der Waals surface area contributed by atoms with Gasteiger partial charge in [-0.1, -0.05) is 22.0 Å². The summed E-state index contributed by atoms with van der Waals surface area (Å²) in [5.74, 6) is -1.86. The van der Waals surface area contributed by atoms with Crippen LogP contribution >= 0.6 is 15.9 Å². The Hall–Kier alpha value is -1.77. The van der Waals surface area contributed by atoms with Crippen LogP contribution in [0.15, 0.2) is 45.8 Å².